The SMILES string of the molecule is COc1ccc(C(=O)CCC2CN(C(=O)OC(C)(C)C)C2)c2nc(-c3cccs3)[nH]c12. The van der Waals surface area contributed by atoms with Gasteiger partial charge in [-0.1, -0.05) is 6.07 Å². The normalized spacial score (nSPS) is 14.5. The number of fused-ring (bicyclic) bond motifs is 1. The number of hydrogen-bond donors (Lipinski definition) is 1. The van der Waals surface area contributed by atoms with Gasteiger partial charge < -0.3 is 19.4 Å². The van der Waals surface area contributed by atoms with Crippen LogP contribution in [0.25, 0.3) is 21.7 Å². The van der Waals surface area contributed by atoms with Gasteiger partial charge in [0.1, 0.15) is 28.2 Å². The Balaban J connectivity index is 1.42. The van der Waals surface area contributed by atoms with Crippen molar-refractivity contribution in [3.05, 3.63) is 35.2 Å². The minimum Gasteiger partial charge on any atom is -0.494 e. The molecule has 1 aliphatic rings. The van der Waals surface area contributed by atoms with Crippen LogP contribution in [0.4, 0.5) is 4.79 Å². The number of carbonyl (C=O) groups excluding carboxylic acids is 2. The molecule has 1 amide bonds. The number of rotatable bonds is 6. The molecule has 1 aliphatic heterocycles. The highest BCUT2D eigenvalue weighted by Crippen LogP contribution is 2.32. The van der Waals surface area contributed by atoms with Gasteiger partial charge in [0.05, 0.1) is 12.0 Å². The van der Waals surface area contributed by atoms with E-state index in [1.165, 1.54) is 0 Å². The molecular weight excluding hydrogens is 414 g/mol. The summed E-state index contributed by atoms with van der Waals surface area (Å²) in [6, 6.07) is 7.55. The van der Waals surface area contributed by atoms with E-state index in [0.29, 0.717) is 42.3 Å². The molecule has 3 aromatic rings. The molecule has 1 N–H and O–H groups in total. The van der Waals surface area contributed by atoms with Crippen molar-refractivity contribution in [1.82, 2.24) is 14.9 Å². The van der Waals surface area contributed by atoms with Gasteiger partial charge in [0.15, 0.2) is 5.78 Å². The van der Waals surface area contributed by atoms with E-state index >= 15 is 0 Å². The van der Waals surface area contributed by atoms with Gasteiger partial charge in [-0.05, 0) is 56.7 Å². The van der Waals surface area contributed by atoms with E-state index < -0.39 is 5.60 Å². The Morgan fingerprint density at radius 1 is 1.26 bits per heavy atom. The molecule has 164 valence electrons. The molecule has 2 aromatic heterocycles. The molecule has 0 spiro atoms. The number of hydrogen-bond acceptors (Lipinski definition) is 6. The van der Waals surface area contributed by atoms with Gasteiger partial charge in [-0.25, -0.2) is 9.78 Å². The van der Waals surface area contributed by atoms with Crippen LogP contribution in [0, 0.1) is 5.92 Å². The van der Waals surface area contributed by atoms with Crippen LogP contribution < -0.4 is 4.74 Å². The summed E-state index contributed by atoms with van der Waals surface area (Å²) < 4.78 is 10.8. The Labute approximate surface area is 185 Å². The van der Waals surface area contributed by atoms with Crippen molar-refractivity contribution in [3.8, 4) is 16.5 Å². The summed E-state index contributed by atoms with van der Waals surface area (Å²) in [7, 11) is 1.61. The van der Waals surface area contributed by atoms with E-state index in [2.05, 4.69) is 4.98 Å². The molecule has 0 bridgehead atoms. The molecule has 7 nitrogen and oxygen atoms in total. The van der Waals surface area contributed by atoms with Crippen LogP contribution in [0.5, 0.6) is 5.75 Å². The number of ketones is 1. The monoisotopic (exact) mass is 441 g/mol. The zero-order valence-electron chi connectivity index (χ0n) is 18.2. The van der Waals surface area contributed by atoms with Gasteiger partial charge in [0.25, 0.3) is 0 Å². The fraction of sp³-hybridized carbons (Fsp3) is 0.435. The summed E-state index contributed by atoms with van der Waals surface area (Å²) in [4.78, 5) is 35.8. The van der Waals surface area contributed by atoms with Crippen molar-refractivity contribution >= 4 is 34.2 Å². The van der Waals surface area contributed by atoms with Crippen LogP contribution in [-0.2, 0) is 4.74 Å². The second-order valence-electron chi connectivity index (χ2n) is 8.81. The quantitative estimate of drug-likeness (QED) is 0.536. The lowest BCUT2D eigenvalue weighted by Gasteiger charge is -2.39. The standard InChI is InChI=1S/C23H27N3O4S/c1-23(2,3)30-22(28)26-12-14(13-26)7-9-16(27)15-8-10-17(29-4)20-19(15)24-21(25-20)18-6-5-11-31-18/h5-6,8,10-11,14H,7,9,12-13H2,1-4H3,(H,24,25). The van der Waals surface area contributed by atoms with Gasteiger partial charge in [-0.2, -0.15) is 0 Å². The van der Waals surface area contributed by atoms with Crippen molar-refractivity contribution in [1.29, 1.82) is 0 Å². The first-order chi connectivity index (χ1) is 14.7. The fourth-order valence-electron chi connectivity index (χ4n) is 3.69. The third kappa shape index (κ3) is 4.58. The number of nitrogens with zero attached hydrogens (tertiary/aromatic N) is 2. The van der Waals surface area contributed by atoms with E-state index in [0.717, 1.165) is 22.6 Å². The molecule has 3 heterocycles. The topological polar surface area (TPSA) is 84.5 Å². The van der Waals surface area contributed by atoms with Crippen LogP contribution in [0.15, 0.2) is 29.6 Å². The predicted molar refractivity (Wildman–Crippen MR) is 121 cm³/mol. The second-order valence-corrected chi connectivity index (χ2v) is 9.76. The highest BCUT2D eigenvalue weighted by molar-refractivity contribution is 7.13. The van der Waals surface area contributed by atoms with Crippen LogP contribution >= 0.6 is 11.3 Å². The first-order valence-corrected chi connectivity index (χ1v) is 11.2. The van der Waals surface area contributed by atoms with Gasteiger partial charge in [0, 0.05) is 25.1 Å². The molecule has 0 atom stereocenters. The number of amides is 1. The molecule has 31 heavy (non-hydrogen) atoms. The van der Waals surface area contributed by atoms with E-state index in [4.69, 9.17) is 14.5 Å². The lowest BCUT2D eigenvalue weighted by Crippen LogP contribution is -2.51. The highest BCUT2D eigenvalue weighted by Gasteiger charge is 2.33. The van der Waals surface area contributed by atoms with Gasteiger partial charge in [0.2, 0.25) is 0 Å². The van der Waals surface area contributed by atoms with Crippen LogP contribution in [0.3, 0.4) is 0 Å². The van der Waals surface area contributed by atoms with Crippen molar-refractivity contribution < 1.29 is 19.1 Å². The number of benzene rings is 1. The number of aromatic amines is 1. The molecule has 1 aromatic carbocycles. The minimum absolute atomic E-state index is 0.0487. The number of aromatic nitrogens is 2. The maximum absolute atomic E-state index is 13.0. The molecule has 0 saturated carbocycles. The maximum Gasteiger partial charge on any atom is 0.410 e. The number of thiophene rings is 1. The number of nitrogens with one attached hydrogen (secondary N) is 1. The Morgan fingerprint density at radius 2 is 2.03 bits per heavy atom. The Morgan fingerprint density at radius 3 is 2.68 bits per heavy atom. The molecule has 1 fully saturated rings. The number of imidazole rings is 1. The molecular formula is C23H27N3O4S. The Bertz CT molecular complexity index is 1090. The van der Waals surface area contributed by atoms with Crippen LogP contribution in [-0.4, -0.2) is 52.5 Å². The average Bonchev–Trinajstić information content (AvgIpc) is 3.33. The van der Waals surface area contributed by atoms with Gasteiger partial charge in [-0.3, -0.25) is 4.79 Å². The molecule has 0 radical (unpaired) electrons. The average molecular weight is 442 g/mol. The molecule has 4 rings (SSSR count). The fourth-order valence-corrected chi connectivity index (χ4v) is 4.36. The minimum atomic E-state index is -0.497. The smallest absolute Gasteiger partial charge is 0.410 e. The zero-order valence-corrected chi connectivity index (χ0v) is 19.0. The molecule has 1 saturated heterocycles. The summed E-state index contributed by atoms with van der Waals surface area (Å²) >= 11 is 1.59. The number of likely N-dealkylation sites (tertiary alicyclic amines) is 1. The Kier molecular flexibility index (Phi) is 5.75. The van der Waals surface area contributed by atoms with Gasteiger partial charge >= 0.3 is 6.09 Å². The summed E-state index contributed by atoms with van der Waals surface area (Å²) in [5, 5.41) is 1.99. The summed E-state index contributed by atoms with van der Waals surface area (Å²) in [5.74, 6) is 1.75. The van der Waals surface area contributed by atoms with E-state index in [1.54, 1.807) is 35.5 Å². The number of methoxy groups -OCH3 is 1. The number of Topliss-reactive ketones (excluding diaryl/α,β-unsaturated/α-hetero) is 1. The first kappa shape index (κ1) is 21.4. The number of ether oxygens (including phenoxy) is 2. The lowest BCUT2D eigenvalue weighted by atomic mass is 9.92. The van der Waals surface area contributed by atoms with E-state index in [-0.39, 0.29) is 11.9 Å². The van der Waals surface area contributed by atoms with Crippen molar-refractivity contribution in [2.24, 2.45) is 5.92 Å². The second kappa shape index (κ2) is 8.34. The maximum atomic E-state index is 13.0. The van der Waals surface area contributed by atoms with Crippen molar-refractivity contribution in [3.63, 3.8) is 0 Å². The zero-order chi connectivity index (χ0) is 22.2. The summed E-state index contributed by atoms with van der Waals surface area (Å²) in [5.41, 5.74) is 1.47. The van der Waals surface area contributed by atoms with Gasteiger partial charge in [-0.15, -0.1) is 11.3 Å². The van der Waals surface area contributed by atoms with E-state index in [1.807, 2.05) is 38.3 Å². The molecule has 0 aliphatic carbocycles. The largest absolute Gasteiger partial charge is 0.494 e. The van der Waals surface area contributed by atoms with Crippen molar-refractivity contribution in [2.75, 3.05) is 20.2 Å². The first-order valence-electron chi connectivity index (χ1n) is 10.4. The molecule has 8 heteroatoms. The van der Waals surface area contributed by atoms with E-state index in [9.17, 15) is 9.59 Å². The van der Waals surface area contributed by atoms with Crippen molar-refractivity contribution in [2.45, 2.75) is 39.2 Å². The highest BCUT2D eigenvalue weighted by atomic mass is 32.1. The number of carbonyl (C=O) groups is 2. The third-order valence-corrected chi connectivity index (χ3v) is 6.15. The molecule has 0 unspecified atom stereocenters. The summed E-state index contributed by atoms with van der Waals surface area (Å²) in [6.45, 7) is 6.83. The van der Waals surface area contributed by atoms with Crippen LogP contribution in [0.2, 0.25) is 0 Å². The Hall–Kier alpha value is -2.87. The lowest BCUT2D eigenvalue weighted by molar-refractivity contribution is -0.00208. The summed E-state index contributed by atoms with van der Waals surface area (Å²) in [6.07, 6.45) is 0.855. The number of H-pyrrole nitrogens is 1. The third-order valence-electron chi connectivity index (χ3n) is 5.27. The van der Waals surface area contributed by atoms with Crippen LogP contribution in [0.1, 0.15) is 44.0 Å². The predicted octanol–water partition coefficient (Wildman–Crippen LogP) is 5.13.